The Morgan fingerprint density at radius 3 is 2.75 bits per heavy atom. The third-order valence-electron chi connectivity index (χ3n) is 4.97. The summed E-state index contributed by atoms with van der Waals surface area (Å²) in [7, 11) is 1.81. The number of amides is 1. The van der Waals surface area contributed by atoms with Crippen LogP contribution < -0.4 is 10.6 Å². The molecule has 1 saturated heterocycles. The fraction of sp³-hybridized carbons (Fsp3) is 0.368. The van der Waals surface area contributed by atoms with E-state index in [0.29, 0.717) is 17.6 Å². The van der Waals surface area contributed by atoms with Crippen LogP contribution in [-0.4, -0.2) is 43.8 Å². The Labute approximate surface area is 169 Å². The second-order valence-electron chi connectivity index (χ2n) is 6.87. The van der Waals surface area contributed by atoms with Crippen molar-refractivity contribution < 1.29 is 4.79 Å². The number of piperidine rings is 1. The van der Waals surface area contributed by atoms with Crippen LogP contribution >= 0.6 is 12.4 Å². The van der Waals surface area contributed by atoms with Crippen LogP contribution in [0.1, 0.15) is 34.9 Å². The predicted molar refractivity (Wildman–Crippen MR) is 110 cm³/mol. The van der Waals surface area contributed by atoms with Gasteiger partial charge in [-0.05, 0) is 38.4 Å². The van der Waals surface area contributed by atoms with Gasteiger partial charge < -0.3 is 10.6 Å². The molecule has 2 aromatic heterocycles. The van der Waals surface area contributed by atoms with Crippen molar-refractivity contribution in [2.45, 2.75) is 25.8 Å². The van der Waals surface area contributed by atoms with Gasteiger partial charge >= 0.3 is 0 Å². The van der Waals surface area contributed by atoms with Crippen molar-refractivity contribution in [3.8, 4) is 11.3 Å². The number of carbonyl (C=O) groups is 1. The van der Waals surface area contributed by atoms with Gasteiger partial charge in [0.1, 0.15) is 5.82 Å². The minimum atomic E-state index is -0.283. The molecule has 0 bridgehead atoms. The second-order valence-corrected chi connectivity index (χ2v) is 6.87. The normalized spacial score (nSPS) is 14.5. The molecule has 1 aliphatic heterocycles. The molecule has 28 heavy (non-hydrogen) atoms. The summed E-state index contributed by atoms with van der Waals surface area (Å²) < 4.78 is 3.47. The monoisotopic (exact) mass is 401 g/mol. The largest absolute Gasteiger partial charge is 0.317 e. The van der Waals surface area contributed by atoms with E-state index in [-0.39, 0.29) is 18.3 Å². The van der Waals surface area contributed by atoms with Gasteiger partial charge in [0.15, 0.2) is 5.69 Å². The van der Waals surface area contributed by atoms with Crippen molar-refractivity contribution in [3.05, 3.63) is 47.8 Å². The molecule has 8 nitrogen and oxygen atoms in total. The molecule has 1 amide bonds. The lowest BCUT2D eigenvalue weighted by Crippen LogP contribution is -2.29. The molecule has 2 N–H and O–H groups in total. The van der Waals surface area contributed by atoms with Gasteiger partial charge in [0.25, 0.3) is 5.91 Å². The van der Waals surface area contributed by atoms with E-state index in [0.717, 1.165) is 42.8 Å². The van der Waals surface area contributed by atoms with Crippen LogP contribution in [0.2, 0.25) is 0 Å². The SMILES string of the molecule is Cc1ccccc1-c1cc(NC(=O)c2cn(C3CCNCC3)nn2)n(C)n1.Cl. The van der Waals surface area contributed by atoms with Crippen LogP contribution in [0, 0.1) is 6.92 Å². The number of rotatable bonds is 4. The number of hydrogen-bond acceptors (Lipinski definition) is 5. The molecular formula is C19H24ClN7O. The van der Waals surface area contributed by atoms with E-state index in [1.54, 1.807) is 15.6 Å². The molecule has 4 rings (SSSR count). The second kappa shape index (κ2) is 8.53. The summed E-state index contributed by atoms with van der Waals surface area (Å²) in [6, 6.07) is 10.2. The zero-order chi connectivity index (χ0) is 18.8. The Morgan fingerprint density at radius 2 is 2.00 bits per heavy atom. The smallest absolute Gasteiger partial charge is 0.278 e. The number of nitrogens with one attached hydrogen (secondary N) is 2. The predicted octanol–water partition coefficient (Wildman–Crippen LogP) is 2.59. The van der Waals surface area contributed by atoms with Gasteiger partial charge in [-0.1, -0.05) is 29.5 Å². The van der Waals surface area contributed by atoms with Crippen LogP contribution in [0.5, 0.6) is 0 Å². The van der Waals surface area contributed by atoms with Gasteiger partial charge in [0.2, 0.25) is 0 Å². The maximum atomic E-state index is 12.6. The lowest BCUT2D eigenvalue weighted by atomic mass is 10.1. The highest BCUT2D eigenvalue weighted by molar-refractivity contribution is 6.02. The number of benzene rings is 1. The third-order valence-corrected chi connectivity index (χ3v) is 4.97. The van der Waals surface area contributed by atoms with E-state index in [1.807, 2.05) is 44.3 Å². The standard InChI is InChI=1S/C19H23N7O.ClH/c1-13-5-3-4-6-15(13)16-11-18(25(2)23-16)21-19(27)17-12-26(24-22-17)14-7-9-20-10-8-14;/h3-6,11-12,14,20H,7-10H2,1-2H3,(H,21,27);1H. The summed E-state index contributed by atoms with van der Waals surface area (Å²) in [5.74, 6) is 0.337. The maximum Gasteiger partial charge on any atom is 0.278 e. The third kappa shape index (κ3) is 4.07. The number of carbonyl (C=O) groups excluding carboxylic acids is 1. The molecule has 3 heterocycles. The van der Waals surface area contributed by atoms with Gasteiger partial charge in [-0.25, -0.2) is 4.68 Å². The minimum Gasteiger partial charge on any atom is -0.317 e. The van der Waals surface area contributed by atoms with E-state index < -0.39 is 0 Å². The minimum absolute atomic E-state index is 0. The zero-order valence-corrected chi connectivity index (χ0v) is 16.7. The number of aromatic nitrogens is 5. The van der Waals surface area contributed by atoms with Gasteiger partial charge in [-0.2, -0.15) is 5.10 Å². The van der Waals surface area contributed by atoms with E-state index in [2.05, 4.69) is 26.0 Å². The molecule has 0 radical (unpaired) electrons. The molecule has 0 spiro atoms. The topological polar surface area (TPSA) is 89.7 Å². The molecular weight excluding hydrogens is 378 g/mol. The summed E-state index contributed by atoms with van der Waals surface area (Å²) in [6.45, 7) is 3.97. The fourth-order valence-corrected chi connectivity index (χ4v) is 3.39. The number of nitrogens with zero attached hydrogens (tertiary/aromatic N) is 5. The van der Waals surface area contributed by atoms with Crippen LogP contribution in [0.15, 0.2) is 36.5 Å². The first kappa shape index (κ1) is 20.0. The van der Waals surface area contributed by atoms with Crippen LogP contribution in [0.25, 0.3) is 11.3 Å². The lowest BCUT2D eigenvalue weighted by molar-refractivity contribution is 0.102. The average molecular weight is 402 g/mol. The number of hydrogen-bond donors (Lipinski definition) is 2. The Morgan fingerprint density at radius 1 is 1.25 bits per heavy atom. The van der Waals surface area contributed by atoms with E-state index >= 15 is 0 Å². The average Bonchev–Trinajstić information content (AvgIpc) is 3.31. The van der Waals surface area contributed by atoms with Crippen molar-refractivity contribution in [1.29, 1.82) is 0 Å². The summed E-state index contributed by atoms with van der Waals surface area (Å²) in [5, 5.41) is 18.9. The Bertz CT molecular complexity index is 959. The highest BCUT2D eigenvalue weighted by atomic mass is 35.5. The lowest BCUT2D eigenvalue weighted by Gasteiger charge is -2.22. The molecule has 1 aromatic carbocycles. The van der Waals surface area contributed by atoms with Gasteiger partial charge in [0.05, 0.1) is 17.9 Å². The quantitative estimate of drug-likeness (QED) is 0.701. The molecule has 0 atom stereocenters. The first-order chi connectivity index (χ1) is 13.1. The van der Waals surface area contributed by atoms with Crippen molar-refractivity contribution in [3.63, 3.8) is 0 Å². The van der Waals surface area contributed by atoms with E-state index in [9.17, 15) is 4.79 Å². The fourth-order valence-electron chi connectivity index (χ4n) is 3.39. The summed E-state index contributed by atoms with van der Waals surface area (Å²) in [6.07, 6.45) is 3.71. The van der Waals surface area contributed by atoms with Crippen LogP contribution in [-0.2, 0) is 7.05 Å². The van der Waals surface area contributed by atoms with Crippen molar-refractivity contribution in [2.75, 3.05) is 18.4 Å². The van der Waals surface area contributed by atoms with Crippen molar-refractivity contribution in [2.24, 2.45) is 7.05 Å². The Hall–Kier alpha value is -2.71. The molecule has 0 unspecified atom stereocenters. The number of anilines is 1. The molecule has 1 fully saturated rings. The zero-order valence-electron chi connectivity index (χ0n) is 15.9. The molecule has 1 aliphatic rings. The summed E-state index contributed by atoms with van der Waals surface area (Å²) in [4.78, 5) is 12.6. The highest BCUT2D eigenvalue weighted by Gasteiger charge is 2.20. The van der Waals surface area contributed by atoms with Crippen LogP contribution in [0.3, 0.4) is 0 Å². The first-order valence-corrected chi connectivity index (χ1v) is 9.16. The van der Waals surface area contributed by atoms with Gasteiger partial charge in [-0.15, -0.1) is 17.5 Å². The summed E-state index contributed by atoms with van der Waals surface area (Å²) in [5.41, 5.74) is 3.32. The molecule has 0 saturated carbocycles. The first-order valence-electron chi connectivity index (χ1n) is 9.16. The Balaban J connectivity index is 0.00000225. The van der Waals surface area contributed by atoms with Crippen LogP contribution in [0.4, 0.5) is 5.82 Å². The van der Waals surface area contributed by atoms with Gasteiger partial charge in [-0.3, -0.25) is 9.48 Å². The van der Waals surface area contributed by atoms with E-state index in [4.69, 9.17) is 0 Å². The summed E-state index contributed by atoms with van der Waals surface area (Å²) >= 11 is 0. The molecule has 3 aromatic rings. The van der Waals surface area contributed by atoms with Gasteiger partial charge in [0, 0.05) is 18.7 Å². The van der Waals surface area contributed by atoms with E-state index in [1.165, 1.54) is 0 Å². The molecule has 0 aliphatic carbocycles. The number of aryl methyl sites for hydroxylation is 2. The highest BCUT2D eigenvalue weighted by Crippen LogP contribution is 2.24. The number of halogens is 1. The molecule has 148 valence electrons. The maximum absolute atomic E-state index is 12.6. The Kier molecular flexibility index (Phi) is 6.11. The van der Waals surface area contributed by atoms with Crippen molar-refractivity contribution >= 4 is 24.1 Å². The van der Waals surface area contributed by atoms with Crippen molar-refractivity contribution in [1.82, 2.24) is 30.1 Å². The molecule has 9 heteroatoms.